The van der Waals surface area contributed by atoms with Gasteiger partial charge in [-0.05, 0) is 26.9 Å². The summed E-state index contributed by atoms with van der Waals surface area (Å²) >= 11 is 0. The van der Waals surface area contributed by atoms with Crippen LogP contribution in [-0.2, 0) is 0 Å². The Hall–Kier alpha value is -0.0800. The van der Waals surface area contributed by atoms with E-state index in [4.69, 9.17) is 0 Å². The summed E-state index contributed by atoms with van der Waals surface area (Å²) in [5.74, 6) is 0. The molecule has 1 aliphatic rings. The Balaban J connectivity index is 2.29. The summed E-state index contributed by atoms with van der Waals surface area (Å²) in [6.07, 6.45) is 1.24. The summed E-state index contributed by atoms with van der Waals surface area (Å²) in [7, 11) is 2.16. The molecule has 1 fully saturated rings. The van der Waals surface area contributed by atoms with Crippen LogP contribution in [0.4, 0.5) is 0 Å². The molecule has 1 atom stereocenters. The van der Waals surface area contributed by atoms with E-state index in [-0.39, 0.29) is 0 Å². The molecule has 1 saturated heterocycles. The van der Waals surface area contributed by atoms with E-state index in [1.54, 1.807) is 0 Å². The Morgan fingerprint density at radius 3 is 3.11 bits per heavy atom. The van der Waals surface area contributed by atoms with E-state index in [0.29, 0.717) is 6.04 Å². The molecule has 0 aromatic carbocycles. The van der Waals surface area contributed by atoms with E-state index in [2.05, 4.69) is 24.2 Å². The summed E-state index contributed by atoms with van der Waals surface area (Å²) in [4.78, 5) is 2.35. The average molecular weight is 127 g/mol. The van der Waals surface area contributed by atoms with Crippen LogP contribution in [0, 0.1) is 0 Å². The van der Waals surface area contributed by atoms with Crippen molar-refractivity contribution in [3.05, 3.63) is 0 Å². The Kier molecular flexibility index (Phi) is 2.49. The third-order valence-corrected chi connectivity index (χ3v) is 1.71. The molecule has 1 aliphatic heterocycles. The minimum atomic E-state index is 0.553. The maximum atomic E-state index is 4.43. The maximum Gasteiger partial charge on any atom is 0.0344 e. The third-order valence-electron chi connectivity index (χ3n) is 1.71. The average Bonchev–Trinajstić information content (AvgIpc) is 1.93. The van der Waals surface area contributed by atoms with Gasteiger partial charge >= 0.3 is 0 Å². The Morgan fingerprint density at radius 2 is 2.33 bits per heavy atom. The summed E-state index contributed by atoms with van der Waals surface area (Å²) in [6.45, 7) is 5.60. The van der Waals surface area contributed by atoms with Crippen LogP contribution in [0.2, 0.25) is 0 Å². The molecule has 1 heterocycles. The SMILES string of the molecule is CC1CN(C)CCC[N]1. The lowest BCUT2D eigenvalue weighted by Gasteiger charge is -2.14. The van der Waals surface area contributed by atoms with Gasteiger partial charge in [-0.3, -0.25) is 0 Å². The van der Waals surface area contributed by atoms with E-state index in [0.717, 1.165) is 13.1 Å². The first-order chi connectivity index (χ1) is 4.29. The van der Waals surface area contributed by atoms with Crippen molar-refractivity contribution in [1.82, 2.24) is 10.2 Å². The highest BCUT2D eigenvalue weighted by Crippen LogP contribution is 1.97. The highest BCUT2D eigenvalue weighted by atomic mass is 15.1. The Bertz CT molecular complexity index is 73.0. The van der Waals surface area contributed by atoms with Gasteiger partial charge in [0.2, 0.25) is 0 Å². The molecule has 1 radical (unpaired) electrons. The Labute approximate surface area is 57.2 Å². The predicted molar refractivity (Wildman–Crippen MR) is 38.6 cm³/mol. The zero-order chi connectivity index (χ0) is 6.69. The van der Waals surface area contributed by atoms with Crippen molar-refractivity contribution in [3.8, 4) is 0 Å². The normalized spacial score (nSPS) is 32.0. The molecule has 0 aromatic heterocycles. The fourth-order valence-corrected chi connectivity index (χ4v) is 1.25. The molecule has 9 heavy (non-hydrogen) atoms. The molecule has 0 aromatic rings. The minimum Gasteiger partial charge on any atom is -0.305 e. The number of hydrogen-bond donors (Lipinski definition) is 0. The lowest BCUT2D eigenvalue weighted by atomic mass is 10.3. The van der Waals surface area contributed by atoms with Crippen LogP contribution >= 0.6 is 0 Å². The first kappa shape index (κ1) is 7.03. The zero-order valence-corrected chi connectivity index (χ0v) is 6.30. The van der Waals surface area contributed by atoms with Crippen LogP contribution in [0.25, 0.3) is 0 Å². The van der Waals surface area contributed by atoms with Crippen LogP contribution < -0.4 is 5.32 Å². The number of likely N-dealkylation sites (N-methyl/N-ethyl adjacent to an activating group) is 1. The van der Waals surface area contributed by atoms with Gasteiger partial charge in [0.1, 0.15) is 0 Å². The molecule has 1 unspecified atom stereocenters. The number of hydrogen-bond acceptors (Lipinski definition) is 1. The molecular weight excluding hydrogens is 112 g/mol. The molecule has 1 rings (SSSR count). The van der Waals surface area contributed by atoms with Crippen molar-refractivity contribution in [2.45, 2.75) is 19.4 Å². The van der Waals surface area contributed by atoms with Gasteiger partial charge in [0.15, 0.2) is 0 Å². The smallest absolute Gasteiger partial charge is 0.0344 e. The molecule has 0 aliphatic carbocycles. The van der Waals surface area contributed by atoms with E-state index in [1.165, 1.54) is 13.0 Å². The van der Waals surface area contributed by atoms with Crippen LogP contribution in [0.5, 0.6) is 0 Å². The zero-order valence-electron chi connectivity index (χ0n) is 6.30. The first-order valence-electron chi connectivity index (χ1n) is 3.64. The minimum absolute atomic E-state index is 0.553. The topological polar surface area (TPSA) is 17.3 Å². The quantitative estimate of drug-likeness (QED) is 0.458. The van der Waals surface area contributed by atoms with Gasteiger partial charge in [-0.1, -0.05) is 0 Å². The molecule has 0 amide bonds. The summed E-state index contributed by atoms with van der Waals surface area (Å²) in [5, 5.41) is 4.43. The van der Waals surface area contributed by atoms with Crippen molar-refractivity contribution in [1.29, 1.82) is 0 Å². The second-order valence-corrected chi connectivity index (χ2v) is 2.87. The van der Waals surface area contributed by atoms with Crippen LogP contribution in [0.1, 0.15) is 13.3 Å². The molecule has 2 heteroatoms. The Morgan fingerprint density at radius 1 is 1.56 bits per heavy atom. The highest BCUT2D eigenvalue weighted by Gasteiger charge is 2.09. The van der Waals surface area contributed by atoms with Crippen LogP contribution in [0.3, 0.4) is 0 Å². The van der Waals surface area contributed by atoms with Crippen LogP contribution in [0.15, 0.2) is 0 Å². The van der Waals surface area contributed by atoms with Crippen LogP contribution in [-0.4, -0.2) is 37.6 Å². The molecule has 0 saturated carbocycles. The van der Waals surface area contributed by atoms with E-state index >= 15 is 0 Å². The second-order valence-electron chi connectivity index (χ2n) is 2.87. The van der Waals surface area contributed by atoms with Crippen molar-refractivity contribution >= 4 is 0 Å². The predicted octanol–water partition coefficient (Wildman–Crippen LogP) is 0.315. The molecule has 53 valence electrons. The molecule has 0 N–H and O–H groups in total. The van der Waals surface area contributed by atoms with Gasteiger partial charge in [0.05, 0.1) is 0 Å². The lowest BCUT2D eigenvalue weighted by Crippen LogP contribution is -2.29. The third kappa shape index (κ3) is 2.33. The van der Waals surface area contributed by atoms with E-state index < -0.39 is 0 Å². The van der Waals surface area contributed by atoms with Crippen molar-refractivity contribution in [3.63, 3.8) is 0 Å². The molecule has 0 bridgehead atoms. The van der Waals surface area contributed by atoms with Gasteiger partial charge in [0.25, 0.3) is 0 Å². The van der Waals surface area contributed by atoms with Crippen molar-refractivity contribution in [2.24, 2.45) is 0 Å². The van der Waals surface area contributed by atoms with Crippen molar-refractivity contribution < 1.29 is 0 Å². The number of rotatable bonds is 0. The molecule has 0 spiro atoms. The van der Waals surface area contributed by atoms with Gasteiger partial charge in [-0.2, -0.15) is 0 Å². The summed E-state index contributed by atoms with van der Waals surface area (Å²) < 4.78 is 0. The summed E-state index contributed by atoms with van der Waals surface area (Å²) in [5.41, 5.74) is 0. The van der Waals surface area contributed by atoms with E-state index in [9.17, 15) is 0 Å². The van der Waals surface area contributed by atoms with Crippen molar-refractivity contribution in [2.75, 3.05) is 26.7 Å². The lowest BCUT2D eigenvalue weighted by molar-refractivity contribution is 0.331. The summed E-state index contributed by atoms with van der Waals surface area (Å²) in [6, 6.07) is 0.553. The van der Waals surface area contributed by atoms with Gasteiger partial charge in [-0.15, -0.1) is 0 Å². The largest absolute Gasteiger partial charge is 0.305 e. The van der Waals surface area contributed by atoms with Gasteiger partial charge < -0.3 is 4.90 Å². The van der Waals surface area contributed by atoms with Gasteiger partial charge in [-0.25, -0.2) is 5.32 Å². The standard InChI is InChI=1S/C7H15N2/c1-7-6-9(2)5-3-4-8-7/h7H,3-6H2,1-2H3. The fraction of sp³-hybridized carbons (Fsp3) is 1.00. The second kappa shape index (κ2) is 3.18. The highest BCUT2D eigenvalue weighted by molar-refractivity contribution is 4.69. The van der Waals surface area contributed by atoms with Gasteiger partial charge in [0, 0.05) is 19.1 Å². The molecular formula is C7H15N2. The monoisotopic (exact) mass is 127 g/mol. The maximum absolute atomic E-state index is 4.43. The number of nitrogens with zero attached hydrogens (tertiary/aromatic N) is 2. The fourth-order valence-electron chi connectivity index (χ4n) is 1.25. The first-order valence-corrected chi connectivity index (χ1v) is 3.64. The van der Waals surface area contributed by atoms with E-state index in [1.807, 2.05) is 0 Å². The molecule has 2 nitrogen and oxygen atoms in total.